The predicted molar refractivity (Wildman–Crippen MR) is 121 cm³/mol. The summed E-state index contributed by atoms with van der Waals surface area (Å²) in [5, 5.41) is 9.77. The van der Waals surface area contributed by atoms with Gasteiger partial charge in [0, 0.05) is 17.6 Å². The highest BCUT2D eigenvalue weighted by atomic mass is 32.2. The molecule has 172 valence electrons. The van der Waals surface area contributed by atoms with Crippen LogP contribution in [0.4, 0.5) is 4.39 Å². The molecule has 2 heterocycles. The van der Waals surface area contributed by atoms with Crippen molar-refractivity contribution in [2.75, 3.05) is 6.26 Å². The number of fused-ring (bicyclic) bond motifs is 2. The lowest BCUT2D eigenvalue weighted by molar-refractivity contribution is -0.151. The number of halogens is 1. The van der Waals surface area contributed by atoms with Crippen molar-refractivity contribution < 1.29 is 22.7 Å². The summed E-state index contributed by atoms with van der Waals surface area (Å²) in [6.07, 6.45) is 1.87. The van der Waals surface area contributed by atoms with Crippen LogP contribution in [-0.4, -0.2) is 54.8 Å². The van der Waals surface area contributed by atoms with Crippen molar-refractivity contribution in [1.82, 2.24) is 9.62 Å². The third-order valence-corrected chi connectivity index (χ3v) is 7.22. The molecule has 1 amide bonds. The second kappa shape index (κ2) is 8.92. The quantitative estimate of drug-likeness (QED) is 0.665. The molecular formula is C24H29FN2O4S. The highest BCUT2D eigenvalue weighted by molar-refractivity contribution is 7.88. The van der Waals surface area contributed by atoms with Gasteiger partial charge in [-0.1, -0.05) is 48.5 Å². The fourth-order valence-electron chi connectivity index (χ4n) is 5.11. The van der Waals surface area contributed by atoms with Crippen molar-refractivity contribution in [3.05, 3.63) is 59.9 Å². The third kappa shape index (κ3) is 4.72. The predicted octanol–water partition coefficient (Wildman–Crippen LogP) is 2.71. The zero-order valence-electron chi connectivity index (χ0n) is 18.2. The highest BCUT2D eigenvalue weighted by Crippen LogP contribution is 2.44. The maximum Gasteiger partial charge on any atom is 0.225 e. The van der Waals surface area contributed by atoms with Crippen LogP contribution in [0.15, 0.2) is 48.5 Å². The molecule has 8 heteroatoms. The molecule has 2 aliphatic heterocycles. The molecule has 3 fully saturated rings. The zero-order chi connectivity index (χ0) is 23.0. The zero-order valence-corrected chi connectivity index (χ0v) is 19.1. The summed E-state index contributed by atoms with van der Waals surface area (Å²) in [6, 6.07) is 13.4. The summed E-state index contributed by atoms with van der Waals surface area (Å²) in [7, 11) is -3.52. The van der Waals surface area contributed by atoms with E-state index in [1.807, 2.05) is 30.3 Å². The minimum absolute atomic E-state index is 0.00534. The van der Waals surface area contributed by atoms with Gasteiger partial charge in [-0.15, -0.1) is 0 Å². The second-order valence-electron chi connectivity index (χ2n) is 9.07. The smallest absolute Gasteiger partial charge is 0.225 e. The first-order valence-electron chi connectivity index (χ1n) is 10.9. The van der Waals surface area contributed by atoms with Crippen LogP contribution in [-0.2, 0) is 21.2 Å². The number of nitrogens with one attached hydrogen (secondary N) is 1. The second-order valence-corrected chi connectivity index (χ2v) is 10.9. The molecule has 3 aliphatic rings. The van der Waals surface area contributed by atoms with Crippen LogP contribution in [0.1, 0.15) is 31.7 Å². The van der Waals surface area contributed by atoms with Gasteiger partial charge < -0.3 is 10.0 Å². The Labute approximate surface area is 188 Å². The van der Waals surface area contributed by atoms with Crippen LogP contribution in [0.5, 0.6) is 0 Å². The molecule has 1 aliphatic carbocycles. The van der Waals surface area contributed by atoms with Gasteiger partial charge in [0.1, 0.15) is 5.82 Å². The number of nitrogens with zero attached hydrogens (tertiary/aromatic N) is 1. The van der Waals surface area contributed by atoms with Crippen LogP contribution in [0.3, 0.4) is 0 Å². The first-order chi connectivity index (χ1) is 15.1. The van der Waals surface area contributed by atoms with E-state index >= 15 is 4.39 Å². The van der Waals surface area contributed by atoms with Gasteiger partial charge in [0.2, 0.25) is 15.9 Å². The molecule has 0 unspecified atom stereocenters. The Kier molecular flexibility index (Phi) is 6.38. The minimum Gasteiger partial charge on any atom is -0.393 e. The van der Waals surface area contributed by atoms with Crippen LogP contribution in [0.25, 0.3) is 11.1 Å². The number of amides is 1. The number of hydrogen-bond acceptors (Lipinski definition) is 4. The minimum atomic E-state index is -3.52. The summed E-state index contributed by atoms with van der Waals surface area (Å²) < 4.78 is 42.4. The monoisotopic (exact) mass is 460 g/mol. The van der Waals surface area contributed by atoms with Gasteiger partial charge in [-0.2, -0.15) is 0 Å². The number of piperidine rings is 2. The van der Waals surface area contributed by atoms with E-state index in [1.165, 1.54) is 0 Å². The molecule has 0 spiro atoms. The van der Waals surface area contributed by atoms with Gasteiger partial charge >= 0.3 is 0 Å². The van der Waals surface area contributed by atoms with Gasteiger partial charge in [-0.05, 0) is 43.2 Å². The Bertz CT molecular complexity index is 1080. The number of benzene rings is 2. The summed E-state index contributed by atoms with van der Waals surface area (Å²) in [6.45, 7) is 1.55. The Morgan fingerprint density at radius 3 is 2.50 bits per heavy atom. The van der Waals surface area contributed by atoms with E-state index in [-0.39, 0.29) is 36.5 Å². The molecule has 5 rings (SSSR count). The molecule has 2 aromatic carbocycles. The fourth-order valence-corrected chi connectivity index (χ4v) is 5.95. The molecule has 3 atom stereocenters. The molecule has 2 saturated heterocycles. The van der Waals surface area contributed by atoms with Crippen molar-refractivity contribution in [2.24, 2.45) is 5.92 Å². The lowest BCUT2D eigenvalue weighted by Gasteiger charge is -2.58. The number of rotatable bonds is 7. The Balaban J connectivity index is 1.70. The van der Waals surface area contributed by atoms with Gasteiger partial charge in [-0.3, -0.25) is 4.79 Å². The molecule has 1 saturated carbocycles. The van der Waals surface area contributed by atoms with Crippen molar-refractivity contribution in [2.45, 2.75) is 56.8 Å². The highest BCUT2D eigenvalue weighted by Gasteiger charge is 2.53. The van der Waals surface area contributed by atoms with E-state index in [9.17, 15) is 18.3 Å². The average Bonchev–Trinajstić information content (AvgIpc) is 2.68. The third-order valence-electron chi connectivity index (χ3n) is 6.52. The number of carbonyl (C=O) groups is 1. The Morgan fingerprint density at radius 2 is 1.88 bits per heavy atom. The standard InChI is InChI=1S/C24H29FN2O4S/c1-15(28)11-22(29)27-19-12-18(13-19)24(26-32(2,30)31)21(27)14-17-9-6-10-20(23(17)25)16-7-4-3-5-8-16/h3-10,15,18-19,21,24,26,28H,11-14H2,1-2H3/t15-,18?,19?,21-,24-/m0/s1. The Morgan fingerprint density at radius 1 is 1.19 bits per heavy atom. The largest absolute Gasteiger partial charge is 0.393 e. The molecule has 2 aromatic rings. The molecule has 0 radical (unpaired) electrons. The summed E-state index contributed by atoms with van der Waals surface area (Å²) in [4.78, 5) is 14.7. The van der Waals surface area contributed by atoms with Gasteiger partial charge in [0.25, 0.3) is 0 Å². The van der Waals surface area contributed by atoms with Crippen molar-refractivity contribution in [1.29, 1.82) is 0 Å². The van der Waals surface area contributed by atoms with Gasteiger partial charge in [0.15, 0.2) is 0 Å². The number of carbonyl (C=O) groups excluding carboxylic acids is 1. The average molecular weight is 461 g/mol. The maximum absolute atomic E-state index is 15.5. The number of aliphatic hydroxyl groups excluding tert-OH is 1. The summed E-state index contributed by atoms with van der Waals surface area (Å²) in [5.74, 6) is -0.484. The van der Waals surface area contributed by atoms with Crippen LogP contribution < -0.4 is 4.72 Å². The SMILES string of the molecule is C[C@H](O)CC(=O)N1C2CC(C2)[C@H](NS(C)(=O)=O)[C@@H]1Cc1cccc(-c2ccccc2)c1F. The summed E-state index contributed by atoms with van der Waals surface area (Å²) in [5.41, 5.74) is 1.66. The van der Waals surface area contributed by atoms with E-state index in [4.69, 9.17) is 0 Å². The van der Waals surface area contributed by atoms with E-state index in [1.54, 1.807) is 30.0 Å². The van der Waals surface area contributed by atoms with Crippen molar-refractivity contribution in [3.8, 4) is 11.1 Å². The van der Waals surface area contributed by atoms with Crippen molar-refractivity contribution >= 4 is 15.9 Å². The molecular weight excluding hydrogens is 431 g/mol. The van der Waals surface area contributed by atoms with Gasteiger partial charge in [0.05, 0.1) is 24.8 Å². The van der Waals surface area contributed by atoms with E-state index in [2.05, 4.69) is 4.72 Å². The molecule has 32 heavy (non-hydrogen) atoms. The molecule has 0 aromatic heterocycles. The Hall–Kier alpha value is -2.29. The van der Waals surface area contributed by atoms with E-state index < -0.39 is 28.2 Å². The number of sulfonamides is 1. The first kappa shape index (κ1) is 22.9. The van der Waals surface area contributed by atoms with Crippen molar-refractivity contribution in [3.63, 3.8) is 0 Å². The van der Waals surface area contributed by atoms with Crippen LogP contribution in [0.2, 0.25) is 0 Å². The summed E-state index contributed by atoms with van der Waals surface area (Å²) >= 11 is 0. The van der Waals surface area contributed by atoms with Gasteiger partial charge in [-0.25, -0.2) is 17.5 Å². The number of hydrogen-bond donors (Lipinski definition) is 2. The van der Waals surface area contributed by atoms with Crippen LogP contribution in [0, 0.1) is 11.7 Å². The fraction of sp³-hybridized carbons (Fsp3) is 0.458. The van der Waals surface area contributed by atoms with Crippen LogP contribution >= 0.6 is 0 Å². The van der Waals surface area contributed by atoms with E-state index in [0.717, 1.165) is 11.8 Å². The molecule has 2 N–H and O–H groups in total. The maximum atomic E-state index is 15.5. The first-order valence-corrected chi connectivity index (χ1v) is 12.8. The molecule has 2 bridgehead atoms. The number of aliphatic hydroxyl groups is 1. The van der Waals surface area contributed by atoms with E-state index in [0.29, 0.717) is 24.0 Å². The molecule has 6 nitrogen and oxygen atoms in total. The lowest BCUT2D eigenvalue weighted by atomic mass is 9.66. The topological polar surface area (TPSA) is 86.7 Å². The normalized spacial score (nSPS) is 25.8. The lowest BCUT2D eigenvalue weighted by Crippen LogP contribution is -2.70.